The van der Waals surface area contributed by atoms with Gasteiger partial charge >= 0.3 is 17.1 Å². The Morgan fingerprint density at radius 2 is 1.68 bits per heavy atom. The third-order valence-electron chi connectivity index (χ3n) is 7.60. The Labute approximate surface area is 221 Å². The summed E-state index contributed by atoms with van der Waals surface area (Å²) in [6.07, 6.45) is -1.34. The molecule has 2 fully saturated rings. The number of aliphatic hydroxyl groups is 1. The Bertz CT molecular complexity index is 1080. The predicted molar refractivity (Wildman–Crippen MR) is 145 cm³/mol. The number of hydrogen-bond acceptors (Lipinski definition) is 10. The Morgan fingerprint density at radius 3 is 2.24 bits per heavy atom. The lowest BCUT2D eigenvalue weighted by molar-refractivity contribution is -0.0570. The smallest absolute Gasteiger partial charge is 0.335 e. The number of aromatic nitrogens is 4. The molecule has 11 nitrogen and oxygen atoms in total. The summed E-state index contributed by atoms with van der Waals surface area (Å²) < 4.78 is 34.8. The minimum absolute atomic E-state index is 0.0554. The Kier molecular flexibility index (Phi) is 8.06. The fourth-order valence-electron chi connectivity index (χ4n) is 5.70. The number of rotatable bonds is 7. The Hall–Kier alpha value is -1.62. The van der Waals surface area contributed by atoms with Crippen LogP contribution in [0.4, 0.5) is 5.95 Å². The second-order valence-corrected chi connectivity index (χ2v) is 20.1. The third kappa shape index (κ3) is 4.72. The summed E-state index contributed by atoms with van der Waals surface area (Å²) in [6.45, 7) is 19.9. The van der Waals surface area contributed by atoms with Crippen LogP contribution in [0.15, 0.2) is 6.33 Å². The van der Waals surface area contributed by atoms with Gasteiger partial charge in [-0.05, 0) is 29.1 Å². The lowest BCUT2D eigenvalue weighted by Crippen LogP contribution is -2.65. The van der Waals surface area contributed by atoms with Crippen molar-refractivity contribution in [2.75, 3.05) is 18.9 Å². The summed E-state index contributed by atoms with van der Waals surface area (Å²) in [7, 11) is -5.62. The molecule has 2 aliphatic rings. The van der Waals surface area contributed by atoms with Crippen LogP contribution in [0, 0.1) is 0 Å². The Morgan fingerprint density at radius 1 is 1.05 bits per heavy atom. The van der Waals surface area contributed by atoms with Crippen LogP contribution in [-0.4, -0.2) is 73.3 Å². The lowest BCUT2D eigenvalue weighted by atomic mass is 10.1. The third-order valence-corrected chi connectivity index (χ3v) is 17.9. The minimum atomic E-state index is -2.90. The van der Waals surface area contributed by atoms with E-state index in [2.05, 4.69) is 70.3 Å². The highest BCUT2D eigenvalue weighted by molar-refractivity contribution is 6.84. The van der Waals surface area contributed by atoms with Crippen molar-refractivity contribution in [1.29, 1.82) is 0 Å². The number of fused-ring (bicyclic) bond motifs is 2. The molecule has 0 spiro atoms. The first kappa shape index (κ1) is 28.4. The van der Waals surface area contributed by atoms with E-state index in [4.69, 9.17) is 28.2 Å². The largest absolute Gasteiger partial charge is 0.476 e. The van der Waals surface area contributed by atoms with Crippen molar-refractivity contribution in [1.82, 2.24) is 19.5 Å². The molecule has 2 aromatic heterocycles. The van der Waals surface area contributed by atoms with Crippen molar-refractivity contribution in [3.05, 3.63) is 6.33 Å². The number of nitrogen functional groups attached to an aromatic ring is 1. The topological polar surface area (TPSA) is 136 Å². The highest BCUT2D eigenvalue weighted by Crippen LogP contribution is 2.48. The van der Waals surface area contributed by atoms with Crippen LogP contribution in [0.1, 0.15) is 68.5 Å². The molecule has 0 radical (unpaired) electrons. The molecule has 0 aromatic carbocycles. The van der Waals surface area contributed by atoms with E-state index >= 15 is 0 Å². The zero-order chi connectivity index (χ0) is 27.3. The monoisotopic (exact) mass is 553 g/mol. The SMILES string of the molecule is CCOc1nc(N)nc2c1ncn2[C@@H]1O[C@@H]2CO[Si](C(C)C)(C(C)C)O[Si](C(C)C)(C(C)C)O[C@H]2[C@H]1O. The van der Waals surface area contributed by atoms with E-state index in [-0.39, 0.29) is 34.7 Å². The maximum Gasteiger partial charge on any atom is 0.335 e. The van der Waals surface area contributed by atoms with Gasteiger partial charge in [0.1, 0.15) is 18.3 Å². The average Bonchev–Trinajstić information content (AvgIpc) is 3.34. The summed E-state index contributed by atoms with van der Waals surface area (Å²) in [5.41, 5.74) is 7.56. The zero-order valence-corrected chi connectivity index (χ0v) is 25.5. The van der Waals surface area contributed by atoms with Gasteiger partial charge in [0.05, 0.1) is 19.5 Å². The van der Waals surface area contributed by atoms with Crippen molar-refractivity contribution >= 4 is 34.2 Å². The van der Waals surface area contributed by atoms with Gasteiger partial charge in [-0.3, -0.25) is 4.57 Å². The maximum absolute atomic E-state index is 11.6. The van der Waals surface area contributed by atoms with Crippen LogP contribution in [0.3, 0.4) is 0 Å². The number of imidazole rings is 1. The first-order valence-corrected chi connectivity index (χ1v) is 17.3. The highest BCUT2D eigenvalue weighted by Gasteiger charge is 2.61. The van der Waals surface area contributed by atoms with Crippen LogP contribution >= 0.6 is 0 Å². The molecular formula is C24H43N5O6Si2. The van der Waals surface area contributed by atoms with E-state index in [9.17, 15) is 5.11 Å². The number of hydrogen-bond donors (Lipinski definition) is 2. The minimum Gasteiger partial charge on any atom is -0.476 e. The van der Waals surface area contributed by atoms with Crippen molar-refractivity contribution in [2.24, 2.45) is 0 Å². The maximum atomic E-state index is 11.6. The second-order valence-electron chi connectivity index (χ2n) is 11.3. The average molecular weight is 554 g/mol. The van der Waals surface area contributed by atoms with Crippen molar-refractivity contribution < 1.29 is 27.5 Å². The highest BCUT2D eigenvalue weighted by atomic mass is 28.5. The van der Waals surface area contributed by atoms with E-state index < -0.39 is 41.7 Å². The molecule has 0 unspecified atom stereocenters. The molecule has 13 heteroatoms. The van der Waals surface area contributed by atoms with Gasteiger partial charge < -0.3 is 33.3 Å². The van der Waals surface area contributed by atoms with Crippen molar-refractivity contribution in [2.45, 2.75) is 109 Å². The number of nitrogens with two attached hydrogens (primary N) is 1. The molecule has 0 bridgehead atoms. The van der Waals surface area contributed by atoms with Crippen LogP contribution in [-0.2, 0) is 17.7 Å². The van der Waals surface area contributed by atoms with E-state index in [1.807, 2.05) is 6.92 Å². The lowest BCUT2D eigenvalue weighted by Gasteiger charge is -2.51. The molecule has 4 rings (SSSR count). The van der Waals surface area contributed by atoms with Gasteiger partial charge in [-0.1, -0.05) is 55.4 Å². The molecule has 0 saturated carbocycles. The number of ether oxygens (including phenoxy) is 2. The zero-order valence-electron chi connectivity index (χ0n) is 23.5. The van der Waals surface area contributed by atoms with Gasteiger partial charge in [0.2, 0.25) is 11.8 Å². The van der Waals surface area contributed by atoms with Crippen LogP contribution in [0.5, 0.6) is 5.88 Å². The summed E-state index contributed by atoms with van der Waals surface area (Å²) in [4.78, 5) is 13.0. The molecule has 37 heavy (non-hydrogen) atoms. The fraction of sp³-hybridized carbons (Fsp3) is 0.792. The molecule has 208 valence electrons. The second kappa shape index (κ2) is 10.5. The van der Waals surface area contributed by atoms with Crippen molar-refractivity contribution in [3.8, 4) is 5.88 Å². The molecule has 0 amide bonds. The van der Waals surface area contributed by atoms with E-state index in [0.717, 1.165) is 0 Å². The molecule has 4 atom stereocenters. The Balaban J connectivity index is 1.78. The molecule has 0 aliphatic carbocycles. The van der Waals surface area contributed by atoms with E-state index in [1.165, 1.54) is 0 Å². The number of nitrogens with zero attached hydrogens (tertiary/aromatic N) is 4. The van der Waals surface area contributed by atoms with Gasteiger partial charge in [0.25, 0.3) is 0 Å². The molecule has 2 aromatic rings. The van der Waals surface area contributed by atoms with Gasteiger partial charge in [-0.2, -0.15) is 9.97 Å². The van der Waals surface area contributed by atoms with Crippen molar-refractivity contribution in [3.63, 3.8) is 0 Å². The molecule has 3 N–H and O–H groups in total. The van der Waals surface area contributed by atoms with Gasteiger partial charge in [-0.15, -0.1) is 0 Å². The van der Waals surface area contributed by atoms with Crippen LogP contribution < -0.4 is 10.5 Å². The summed E-state index contributed by atoms with van der Waals surface area (Å²) in [5, 5.41) is 11.6. The van der Waals surface area contributed by atoms with Crippen LogP contribution in [0.25, 0.3) is 11.2 Å². The van der Waals surface area contributed by atoms with Crippen LogP contribution in [0.2, 0.25) is 22.2 Å². The van der Waals surface area contributed by atoms with Gasteiger partial charge in [0, 0.05) is 0 Å². The first-order chi connectivity index (χ1) is 17.4. The number of aliphatic hydroxyl groups excluding tert-OH is 1. The van der Waals surface area contributed by atoms with Gasteiger partial charge in [-0.25, -0.2) is 4.98 Å². The number of anilines is 1. The summed E-state index contributed by atoms with van der Waals surface area (Å²) >= 11 is 0. The molecular weight excluding hydrogens is 510 g/mol. The quantitative estimate of drug-likeness (QED) is 0.484. The molecule has 4 heterocycles. The molecule has 2 aliphatic heterocycles. The van der Waals surface area contributed by atoms with E-state index in [0.29, 0.717) is 23.7 Å². The summed E-state index contributed by atoms with van der Waals surface area (Å²) in [5.74, 6) is 0.353. The normalized spacial score (nSPS) is 27.7. The molecule has 2 saturated heterocycles. The summed E-state index contributed by atoms with van der Waals surface area (Å²) in [6, 6.07) is 0. The standard InChI is InChI=1S/C24H43N5O6Si2/c1-10-31-22-18-21(27-24(25)28-22)29(12-26-18)23-19(30)20-17(33-23)11-32-36(13(2)3,14(4)5)35-37(34-20,15(6)7)16(8)9/h12-17,19-20,23,30H,10-11H2,1-9H3,(H2,25,27,28)/t17-,19-,20-,23-/m1/s1. The van der Waals surface area contributed by atoms with E-state index in [1.54, 1.807) is 10.9 Å². The predicted octanol–water partition coefficient (Wildman–Crippen LogP) is 4.02. The first-order valence-electron chi connectivity index (χ1n) is 13.4. The fourth-order valence-corrected chi connectivity index (χ4v) is 16.9. The van der Waals surface area contributed by atoms with Gasteiger partial charge in [0.15, 0.2) is 17.4 Å².